The topological polar surface area (TPSA) is 26.3 Å². The smallest absolute Gasteiger partial charge is 0.161 e. The lowest BCUT2D eigenvalue weighted by atomic mass is 9.88. The summed E-state index contributed by atoms with van der Waals surface area (Å²) < 4.78 is 5.70. The molecule has 0 aliphatic heterocycles. The summed E-state index contributed by atoms with van der Waals surface area (Å²) in [7, 11) is 0. The minimum absolute atomic E-state index is 0.177. The number of carbonyl (C=O) groups is 1. The van der Waals surface area contributed by atoms with Gasteiger partial charge in [0.15, 0.2) is 5.78 Å². The van der Waals surface area contributed by atoms with Crippen LogP contribution >= 0.6 is 0 Å². The maximum atomic E-state index is 11.6. The molecule has 1 saturated carbocycles. The van der Waals surface area contributed by atoms with Gasteiger partial charge in [-0.1, -0.05) is 37.3 Å². The molecule has 1 aliphatic carbocycles. The molecule has 0 saturated heterocycles. The van der Waals surface area contributed by atoms with Crippen LogP contribution in [0.1, 0.15) is 31.7 Å². The lowest BCUT2D eigenvalue weighted by Crippen LogP contribution is -2.31. The van der Waals surface area contributed by atoms with Gasteiger partial charge >= 0.3 is 0 Å². The number of carbonyl (C=O) groups excluding carboxylic acids is 1. The van der Waals surface area contributed by atoms with Gasteiger partial charge < -0.3 is 4.74 Å². The first-order valence-corrected chi connectivity index (χ1v) is 5.94. The summed E-state index contributed by atoms with van der Waals surface area (Å²) in [5.74, 6) is 0.882. The number of hydrogen-bond donors (Lipinski definition) is 0. The molecular weight excluding hydrogens is 200 g/mol. The zero-order valence-electron chi connectivity index (χ0n) is 9.69. The van der Waals surface area contributed by atoms with Crippen molar-refractivity contribution in [3.8, 4) is 0 Å². The minimum Gasteiger partial charge on any atom is -0.366 e. The monoisotopic (exact) mass is 218 g/mol. The van der Waals surface area contributed by atoms with E-state index in [1.165, 1.54) is 0 Å². The highest BCUT2D eigenvalue weighted by molar-refractivity contribution is 5.83. The van der Waals surface area contributed by atoms with Crippen LogP contribution in [-0.2, 0) is 16.1 Å². The van der Waals surface area contributed by atoms with E-state index in [9.17, 15) is 4.79 Å². The van der Waals surface area contributed by atoms with Gasteiger partial charge in [-0.3, -0.25) is 4.79 Å². The highest BCUT2D eigenvalue weighted by Gasteiger charge is 2.26. The molecule has 1 aliphatic rings. The van der Waals surface area contributed by atoms with Gasteiger partial charge in [0, 0.05) is 6.42 Å². The summed E-state index contributed by atoms with van der Waals surface area (Å²) in [6, 6.07) is 10.0. The Labute approximate surface area is 96.6 Å². The largest absolute Gasteiger partial charge is 0.366 e. The van der Waals surface area contributed by atoms with E-state index in [-0.39, 0.29) is 11.9 Å². The molecule has 0 N–H and O–H groups in total. The first-order chi connectivity index (χ1) is 7.75. The van der Waals surface area contributed by atoms with Crippen molar-refractivity contribution in [2.45, 2.75) is 38.9 Å². The van der Waals surface area contributed by atoms with Crippen LogP contribution < -0.4 is 0 Å². The SMILES string of the molecule is CC1CCC(=O)C(OCc2ccccc2)C1. The molecule has 0 amide bonds. The number of ketones is 1. The predicted molar refractivity (Wildman–Crippen MR) is 63.0 cm³/mol. The third-order valence-electron chi connectivity index (χ3n) is 3.15. The Balaban J connectivity index is 1.87. The Morgan fingerprint density at radius 2 is 2.06 bits per heavy atom. The number of hydrogen-bond acceptors (Lipinski definition) is 2. The summed E-state index contributed by atoms with van der Waals surface area (Å²) in [6.45, 7) is 2.73. The van der Waals surface area contributed by atoms with Crippen LogP contribution in [-0.4, -0.2) is 11.9 Å². The van der Waals surface area contributed by atoms with Gasteiger partial charge in [0.05, 0.1) is 6.61 Å². The molecule has 1 fully saturated rings. The summed E-state index contributed by atoms with van der Waals surface area (Å²) in [6.07, 6.45) is 2.40. The fraction of sp³-hybridized carbons (Fsp3) is 0.500. The Hall–Kier alpha value is -1.15. The first kappa shape index (κ1) is 11.3. The molecule has 2 nitrogen and oxygen atoms in total. The molecule has 0 radical (unpaired) electrons. The van der Waals surface area contributed by atoms with Gasteiger partial charge in [-0.15, -0.1) is 0 Å². The molecule has 86 valence electrons. The highest BCUT2D eigenvalue weighted by atomic mass is 16.5. The normalized spacial score (nSPS) is 25.7. The van der Waals surface area contributed by atoms with Crippen LogP contribution in [0, 0.1) is 5.92 Å². The van der Waals surface area contributed by atoms with E-state index in [1.54, 1.807) is 0 Å². The molecular formula is C14H18O2. The predicted octanol–water partition coefficient (Wildman–Crippen LogP) is 2.96. The highest BCUT2D eigenvalue weighted by Crippen LogP contribution is 2.23. The van der Waals surface area contributed by atoms with Crippen LogP contribution in [0.3, 0.4) is 0 Å². The quantitative estimate of drug-likeness (QED) is 0.779. The lowest BCUT2D eigenvalue weighted by Gasteiger charge is -2.25. The van der Waals surface area contributed by atoms with Crippen molar-refractivity contribution in [2.24, 2.45) is 5.92 Å². The Bertz CT molecular complexity index is 345. The van der Waals surface area contributed by atoms with E-state index < -0.39 is 0 Å². The van der Waals surface area contributed by atoms with Gasteiger partial charge in [0.1, 0.15) is 6.10 Å². The number of benzene rings is 1. The zero-order chi connectivity index (χ0) is 11.4. The average molecular weight is 218 g/mol. The molecule has 0 bridgehead atoms. The number of ether oxygens (including phenoxy) is 1. The Kier molecular flexibility index (Phi) is 3.73. The van der Waals surface area contributed by atoms with Crippen LogP contribution in [0.4, 0.5) is 0 Å². The van der Waals surface area contributed by atoms with Crippen LogP contribution in [0.15, 0.2) is 30.3 Å². The molecule has 0 aromatic heterocycles. The van der Waals surface area contributed by atoms with E-state index in [0.717, 1.165) is 18.4 Å². The molecule has 2 rings (SSSR count). The zero-order valence-corrected chi connectivity index (χ0v) is 9.69. The van der Waals surface area contributed by atoms with Crippen molar-refractivity contribution in [3.05, 3.63) is 35.9 Å². The van der Waals surface area contributed by atoms with Gasteiger partial charge in [0.2, 0.25) is 0 Å². The van der Waals surface area contributed by atoms with Crippen molar-refractivity contribution in [2.75, 3.05) is 0 Å². The van der Waals surface area contributed by atoms with Crippen molar-refractivity contribution < 1.29 is 9.53 Å². The van der Waals surface area contributed by atoms with Crippen molar-refractivity contribution in [3.63, 3.8) is 0 Å². The van der Waals surface area contributed by atoms with E-state index >= 15 is 0 Å². The summed E-state index contributed by atoms with van der Waals surface area (Å²) in [5, 5.41) is 0. The molecule has 0 heterocycles. The number of rotatable bonds is 3. The molecule has 2 atom stereocenters. The van der Waals surface area contributed by atoms with Gasteiger partial charge in [-0.05, 0) is 24.3 Å². The lowest BCUT2D eigenvalue weighted by molar-refractivity contribution is -0.135. The molecule has 2 heteroatoms. The maximum Gasteiger partial charge on any atom is 0.161 e. The Morgan fingerprint density at radius 3 is 2.81 bits per heavy atom. The molecule has 1 aromatic rings. The fourth-order valence-electron chi connectivity index (χ4n) is 2.10. The second-order valence-corrected chi connectivity index (χ2v) is 4.63. The number of Topliss-reactive ketones (excluding diaryl/α,β-unsaturated/α-hetero) is 1. The Morgan fingerprint density at radius 1 is 1.31 bits per heavy atom. The third kappa shape index (κ3) is 2.92. The third-order valence-corrected chi connectivity index (χ3v) is 3.15. The van der Waals surface area contributed by atoms with Crippen LogP contribution in [0.2, 0.25) is 0 Å². The maximum absolute atomic E-state index is 11.6. The van der Waals surface area contributed by atoms with Crippen LogP contribution in [0.25, 0.3) is 0 Å². The summed E-state index contributed by atoms with van der Waals surface area (Å²) >= 11 is 0. The average Bonchev–Trinajstić information content (AvgIpc) is 2.32. The summed E-state index contributed by atoms with van der Waals surface area (Å²) in [4.78, 5) is 11.6. The second kappa shape index (κ2) is 5.26. The van der Waals surface area contributed by atoms with E-state index in [1.807, 2.05) is 30.3 Å². The molecule has 2 unspecified atom stereocenters. The molecule has 16 heavy (non-hydrogen) atoms. The second-order valence-electron chi connectivity index (χ2n) is 4.63. The summed E-state index contributed by atoms with van der Waals surface area (Å²) in [5.41, 5.74) is 1.13. The van der Waals surface area contributed by atoms with Gasteiger partial charge in [0.25, 0.3) is 0 Å². The fourth-order valence-corrected chi connectivity index (χ4v) is 2.10. The van der Waals surface area contributed by atoms with Gasteiger partial charge in [-0.25, -0.2) is 0 Å². The van der Waals surface area contributed by atoms with E-state index in [4.69, 9.17) is 4.74 Å². The van der Waals surface area contributed by atoms with Crippen molar-refractivity contribution >= 4 is 5.78 Å². The van der Waals surface area contributed by atoms with Crippen molar-refractivity contribution in [1.29, 1.82) is 0 Å². The molecule has 1 aromatic carbocycles. The van der Waals surface area contributed by atoms with Crippen molar-refractivity contribution in [1.82, 2.24) is 0 Å². The standard InChI is InChI=1S/C14H18O2/c1-11-7-8-13(15)14(9-11)16-10-12-5-3-2-4-6-12/h2-6,11,14H,7-10H2,1H3. The van der Waals surface area contributed by atoms with Gasteiger partial charge in [-0.2, -0.15) is 0 Å². The van der Waals surface area contributed by atoms with Crippen LogP contribution in [0.5, 0.6) is 0 Å². The minimum atomic E-state index is -0.177. The van der Waals surface area contributed by atoms with E-state index in [0.29, 0.717) is 18.9 Å². The molecule has 0 spiro atoms. The van der Waals surface area contributed by atoms with E-state index in [2.05, 4.69) is 6.92 Å². The first-order valence-electron chi connectivity index (χ1n) is 5.94.